The topological polar surface area (TPSA) is 90.6 Å². The number of hydrogen-bond acceptors (Lipinski definition) is 5. The van der Waals surface area contributed by atoms with Crippen molar-refractivity contribution in [1.29, 1.82) is 0 Å². The van der Waals surface area contributed by atoms with Gasteiger partial charge in [0.15, 0.2) is 22.2 Å². The van der Waals surface area contributed by atoms with Gasteiger partial charge in [0.1, 0.15) is 11.4 Å². The standard InChI is InChI=1S/C21H18Cl3N3O4S2/c22-21(23,24)8-14-6-13(20(30)31)3-4-26(14)9-12-10-27-18(29)17(19(27)33-11-12)25-16(28)7-15-2-1-5-32-15/h1-6,10,17,19H,7-9,11H2,(H-,25,28,30,31)/p+1/t17-,19+/m1/s1. The van der Waals surface area contributed by atoms with Crippen LogP contribution in [0.15, 0.2) is 47.6 Å². The Hall–Kier alpha value is -1.78. The van der Waals surface area contributed by atoms with Crippen molar-refractivity contribution in [3.63, 3.8) is 0 Å². The summed E-state index contributed by atoms with van der Waals surface area (Å²) >= 11 is 20.9. The van der Waals surface area contributed by atoms with E-state index in [1.807, 2.05) is 22.1 Å². The lowest BCUT2D eigenvalue weighted by Gasteiger charge is -2.47. The average Bonchev–Trinajstić information content (AvgIpc) is 3.25. The highest BCUT2D eigenvalue weighted by molar-refractivity contribution is 8.00. The SMILES string of the molecule is O=C(Cc1cccs1)N[C@@H]1C(=O)N2C=C(C[n+]3ccc(C(=O)O)cc3CC(Cl)(Cl)Cl)CS[C@@H]12. The lowest BCUT2D eigenvalue weighted by molar-refractivity contribution is -0.696. The number of thiophene rings is 1. The molecule has 0 saturated carbocycles. The van der Waals surface area contributed by atoms with Crippen molar-refractivity contribution in [2.24, 2.45) is 0 Å². The van der Waals surface area contributed by atoms with Crippen LogP contribution in [0.4, 0.5) is 0 Å². The Bertz CT molecular complexity index is 1120. The quantitative estimate of drug-likeness (QED) is 0.316. The van der Waals surface area contributed by atoms with Crippen molar-refractivity contribution in [2.45, 2.75) is 34.6 Å². The van der Waals surface area contributed by atoms with Crippen LogP contribution in [0.5, 0.6) is 0 Å². The van der Waals surface area contributed by atoms with Crippen LogP contribution in [0.3, 0.4) is 0 Å². The van der Waals surface area contributed by atoms with E-state index in [9.17, 15) is 19.5 Å². The van der Waals surface area contributed by atoms with E-state index in [1.54, 1.807) is 29.1 Å². The molecule has 0 unspecified atom stereocenters. The lowest BCUT2D eigenvalue weighted by Crippen LogP contribution is -2.68. The number of carboxylic acids is 1. The molecular weight excluding hydrogens is 529 g/mol. The first-order valence-electron chi connectivity index (χ1n) is 9.88. The number of aromatic carboxylic acids is 1. The van der Waals surface area contributed by atoms with Crippen LogP contribution in [0.2, 0.25) is 0 Å². The number of halogens is 3. The van der Waals surface area contributed by atoms with E-state index in [1.165, 1.54) is 23.5 Å². The third kappa shape index (κ3) is 5.84. The van der Waals surface area contributed by atoms with Gasteiger partial charge in [-0.05, 0) is 11.4 Å². The molecule has 0 radical (unpaired) electrons. The van der Waals surface area contributed by atoms with Crippen LogP contribution in [0.25, 0.3) is 0 Å². The maximum atomic E-state index is 12.6. The summed E-state index contributed by atoms with van der Waals surface area (Å²) in [5, 5.41) is 13.9. The third-order valence-corrected chi connectivity index (χ3v) is 7.85. The number of alkyl halides is 3. The van der Waals surface area contributed by atoms with Crippen molar-refractivity contribution >= 4 is 75.7 Å². The predicted molar refractivity (Wildman–Crippen MR) is 129 cm³/mol. The van der Waals surface area contributed by atoms with Gasteiger partial charge in [0.25, 0.3) is 5.91 Å². The van der Waals surface area contributed by atoms with Gasteiger partial charge in [0, 0.05) is 34.5 Å². The van der Waals surface area contributed by atoms with Gasteiger partial charge in [-0.2, -0.15) is 4.57 Å². The van der Waals surface area contributed by atoms with Crippen LogP contribution in [-0.4, -0.2) is 48.8 Å². The van der Waals surface area contributed by atoms with Gasteiger partial charge in [0.2, 0.25) is 5.91 Å². The number of hydrogen-bond donors (Lipinski definition) is 2. The van der Waals surface area contributed by atoms with E-state index < -0.39 is 15.8 Å². The summed E-state index contributed by atoms with van der Waals surface area (Å²) in [6.07, 6.45) is 3.72. The van der Waals surface area contributed by atoms with Gasteiger partial charge in [-0.25, -0.2) is 4.79 Å². The number of β-lactam (4-membered cyclic amide) rings is 1. The molecule has 4 heterocycles. The molecule has 0 aromatic carbocycles. The summed E-state index contributed by atoms with van der Waals surface area (Å²) < 4.78 is 0.229. The molecule has 2 aromatic heterocycles. The van der Waals surface area contributed by atoms with Gasteiger partial charge in [0.05, 0.1) is 18.4 Å². The molecule has 2 N–H and O–H groups in total. The second-order valence-electron chi connectivity index (χ2n) is 7.67. The highest BCUT2D eigenvalue weighted by atomic mass is 35.6. The van der Waals surface area contributed by atoms with Crippen LogP contribution in [0.1, 0.15) is 20.9 Å². The first-order valence-corrected chi connectivity index (χ1v) is 12.9. The summed E-state index contributed by atoms with van der Waals surface area (Å²) in [6.45, 7) is 0.412. The van der Waals surface area contributed by atoms with Crippen molar-refractivity contribution < 1.29 is 24.1 Å². The average molecular weight is 548 g/mol. The third-order valence-electron chi connectivity index (χ3n) is 5.20. The molecule has 2 aliphatic rings. The number of carbonyl (C=O) groups is 3. The van der Waals surface area contributed by atoms with Gasteiger partial charge in [-0.3, -0.25) is 9.59 Å². The normalized spacial score (nSPS) is 20.0. The van der Waals surface area contributed by atoms with Crippen molar-refractivity contribution in [1.82, 2.24) is 10.2 Å². The summed E-state index contributed by atoms with van der Waals surface area (Å²) in [4.78, 5) is 38.8. The Labute approximate surface area is 213 Å². The van der Waals surface area contributed by atoms with Crippen molar-refractivity contribution in [3.8, 4) is 0 Å². The molecule has 4 rings (SSSR count). The predicted octanol–water partition coefficient (Wildman–Crippen LogP) is 3.17. The molecule has 0 bridgehead atoms. The Kier molecular flexibility index (Phi) is 7.26. The largest absolute Gasteiger partial charge is 0.478 e. The van der Waals surface area contributed by atoms with Crippen molar-refractivity contribution in [2.75, 3.05) is 5.75 Å². The molecule has 0 aliphatic carbocycles. The number of carbonyl (C=O) groups excluding carboxylic acids is 2. The zero-order chi connectivity index (χ0) is 23.8. The minimum atomic E-state index is -1.58. The van der Waals surface area contributed by atoms with Gasteiger partial charge in [-0.1, -0.05) is 40.9 Å². The summed E-state index contributed by atoms with van der Waals surface area (Å²) in [5.41, 5.74) is 1.60. The van der Waals surface area contributed by atoms with Crippen LogP contribution in [0, 0.1) is 0 Å². The number of pyridine rings is 1. The Morgan fingerprint density at radius 2 is 2.09 bits per heavy atom. The molecule has 7 nitrogen and oxygen atoms in total. The number of nitrogens with one attached hydrogen (secondary N) is 1. The maximum absolute atomic E-state index is 12.6. The second kappa shape index (κ2) is 9.84. The fraction of sp³-hybridized carbons (Fsp3) is 0.333. The van der Waals surface area contributed by atoms with Gasteiger partial charge >= 0.3 is 5.97 Å². The van der Waals surface area contributed by atoms with Crippen LogP contribution >= 0.6 is 57.9 Å². The first-order chi connectivity index (χ1) is 15.6. The number of thioether (sulfide) groups is 1. The minimum absolute atomic E-state index is 0.0306. The molecule has 2 atom stereocenters. The second-order valence-corrected chi connectivity index (χ2v) is 12.3. The molecular formula is C21H19Cl3N3O4S2+. The Morgan fingerprint density at radius 3 is 2.76 bits per heavy atom. The fourth-order valence-electron chi connectivity index (χ4n) is 3.68. The maximum Gasteiger partial charge on any atom is 0.336 e. The molecule has 1 fully saturated rings. The van der Waals surface area contributed by atoms with E-state index >= 15 is 0 Å². The van der Waals surface area contributed by atoms with Crippen LogP contribution in [-0.2, 0) is 29.0 Å². The monoisotopic (exact) mass is 546 g/mol. The van der Waals surface area contributed by atoms with E-state index in [-0.39, 0.29) is 35.6 Å². The molecule has 174 valence electrons. The van der Waals surface area contributed by atoms with E-state index in [2.05, 4.69) is 5.32 Å². The highest BCUT2D eigenvalue weighted by Gasteiger charge is 2.49. The Morgan fingerprint density at radius 1 is 1.30 bits per heavy atom. The zero-order valence-electron chi connectivity index (χ0n) is 17.0. The molecule has 2 aliphatic heterocycles. The molecule has 12 heteroatoms. The van der Waals surface area contributed by atoms with Crippen LogP contribution < -0.4 is 9.88 Å². The van der Waals surface area contributed by atoms with E-state index in [0.29, 0.717) is 18.0 Å². The number of rotatable bonds is 7. The summed E-state index contributed by atoms with van der Waals surface area (Å²) in [6, 6.07) is 6.21. The number of carboxylic acid groups (broad SMARTS) is 1. The Balaban J connectivity index is 1.43. The first kappa shape index (κ1) is 24.3. The summed E-state index contributed by atoms with van der Waals surface area (Å²) in [7, 11) is 0. The molecule has 2 amide bonds. The number of amides is 2. The minimum Gasteiger partial charge on any atom is -0.478 e. The number of aromatic nitrogens is 1. The smallest absolute Gasteiger partial charge is 0.336 e. The van der Waals surface area contributed by atoms with Crippen molar-refractivity contribution in [3.05, 3.63) is 63.7 Å². The number of fused-ring (bicyclic) bond motifs is 1. The van der Waals surface area contributed by atoms with E-state index in [0.717, 1.165) is 10.5 Å². The number of nitrogens with zero attached hydrogens (tertiary/aromatic N) is 2. The lowest BCUT2D eigenvalue weighted by atomic mass is 10.1. The molecule has 2 aromatic rings. The highest BCUT2D eigenvalue weighted by Crippen LogP contribution is 2.36. The summed E-state index contributed by atoms with van der Waals surface area (Å²) in [5.74, 6) is -0.748. The van der Waals surface area contributed by atoms with E-state index in [4.69, 9.17) is 34.8 Å². The van der Waals surface area contributed by atoms with Gasteiger partial charge in [-0.15, -0.1) is 23.1 Å². The molecule has 0 spiro atoms. The van der Waals surface area contributed by atoms with Gasteiger partial charge < -0.3 is 15.3 Å². The fourth-order valence-corrected chi connectivity index (χ4v) is 6.05. The molecule has 1 saturated heterocycles. The molecule has 33 heavy (non-hydrogen) atoms. The zero-order valence-corrected chi connectivity index (χ0v) is 20.9.